The first-order chi connectivity index (χ1) is 16.1. The molecule has 7 nitrogen and oxygen atoms in total. The van der Waals surface area contributed by atoms with E-state index in [0.717, 1.165) is 22.7 Å². The van der Waals surface area contributed by atoms with E-state index >= 15 is 0 Å². The molecule has 0 radical (unpaired) electrons. The van der Waals surface area contributed by atoms with E-state index in [-0.39, 0.29) is 17.6 Å². The number of benzene rings is 3. The fourth-order valence-corrected chi connectivity index (χ4v) is 4.35. The summed E-state index contributed by atoms with van der Waals surface area (Å²) >= 11 is 1.37. The third-order valence-electron chi connectivity index (χ3n) is 5.04. The number of methoxy groups -OCH3 is 1. The SMILES string of the molecule is CCn1c(SCC(=O)Nc2ccccc2C(=O)Nc2cccc(OC)c2)nc2ccccc21. The van der Waals surface area contributed by atoms with Crippen LogP contribution in [0.2, 0.25) is 0 Å². The summed E-state index contributed by atoms with van der Waals surface area (Å²) in [5.41, 5.74) is 3.38. The Labute approximate surface area is 196 Å². The number of fused-ring (bicyclic) bond motifs is 1. The maximum absolute atomic E-state index is 12.9. The van der Waals surface area contributed by atoms with Gasteiger partial charge in [-0.1, -0.05) is 42.1 Å². The Morgan fingerprint density at radius 3 is 2.61 bits per heavy atom. The van der Waals surface area contributed by atoms with Crippen molar-refractivity contribution in [1.82, 2.24) is 9.55 Å². The lowest BCUT2D eigenvalue weighted by molar-refractivity contribution is -0.113. The second kappa shape index (κ2) is 10.2. The van der Waals surface area contributed by atoms with Crippen molar-refractivity contribution in [1.29, 1.82) is 0 Å². The van der Waals surface area contributed by atoms with Gasteiger partial charge in [-0.3, -0.25) is 9.59 Å². The van der Waals surface area contributed by atoms with Crippen LogP contribution < -0.4 is 15.4 Å². The number of imidazole rings is 1. The van der Waals surface area contributed by atoms with Gasteiger partial charge in [0, 0.05) is 18.3 Å². The van der Waals surface area contributed by atoms with Crippen molar-refractivity contribution in [2.75, 3.05) is 23.5 Å². The van der Waals surface area contributed by atoms with E-state index in [1.165, 1.54) is 11.8 Å². The van der Waals surface area contributed by atoms with Crippen molar-refractivity contribution in [3.05, 3.63) is 78.4 Å². The zero-order chi connectivity index (χ0) is 23.2. The first-order valence-corrected chi connectivity index (χ1v) is 11.5. The van der Waals surface area contributed by atoms with E-state index in [2.05, 4.69) is 27.1 Å². The lowest BCUT2D eigenvalue weighted by Crippen LogP contribution is -2.19. The van der Waals surface area contributed by atoms with Crippen molar-refractivity contribution >= 4 is 46.0 Å². The molecule has 1 heterocycles. The number of nitrogens with one attached hydrogen (secondary N) is 2. The number of carbonyl (C=O) groups is 2. The van der Waals surface area contributed by atoms with Crippen LogP contribution in [0.1, 0.15) is 17.3 Å². The summed E-state index contributed by atoms with van der Waals surface area (Å²) in [6, 6.07) is 21.9. The molecule has 8 heteroatoms. The van der Waals surface area contributed by atoms with Gasteiger partial charge < -0.3 is 19.9 Å². The zero-order valence-corrected chi connectivity index (χ0v) is 19.2. The van der Waals surface area contributed by atoms with Crippen LogP contribution in [0.15, 0.2) is 78.0 Å². The average Bonchev–Trinajstić information content (AvgIpc) is 3.20. The van der Waals surface area contributed by atoms with Crippen LogP contribution in [-0.4, -0.2) is 34.2 Å². The number of hydrogen-bond acceptors (Lipinski definition) is 5. The largest absolute Gasteiger partial charge is 0.497 e. The van der Waals surface area contributed by atoms with Crippen LogP contribution in [0.3, 0.4) is 0 Å². The third kappa shape index (κ3) is 5.18. The minimum atomic E-state index is -0.320. The molecule has 1 aromatic heterocycles. The molecule has 0 aliphatic heterocycles. The molecule has 0 aliphatic rings. The minimum absolute atomic E-state index is 0.176. The van der Waals surface area contributed by atoms with Crippen molar-refractivity contribution in [2.45, 2.75) is 18.6 Å². The molecule has 2 amide bonds. The van der Waals surface area contributed by atoms with Crippen molar-refractivity contribution in [3.8, 4) is 5.75 Å². The summed E-state index contributed by atoms with van der Waals surface area (Å²) < 4.78 is 7.29. The predicted octanol–water partition coefficient (Wildman–Crippen LogP) is 5.05. The summed E-state index contributed by atoms with van der Waals surface area (Å²) in [4.78, 5) is 30.2. The number of carbonyl (C=O) groups excluding carboxylic acids is 2. The lowest BCUT2D eigenvalue weighted by atomic mass is 10.1. The van der Waals surface area contributed by atoms with Crippen molar-refractivity contribution in [3.63, 3.8) is 0 Å². The molecular formula is C25H24N4O3S. The second-order valence-electron chi connectivity index (χ2n) is 7.20. The number of anilines is 2. The van der Waals surface area contributed by atoms with Crippen LogP contribution in [0.5, 0.6) is 5.75 Å². The Morgan fingerprint density at radius 1 is 1.00 bits per heavy atom. The summed E-state index contributed by atoms with van der Waals surface area (Å²) in [6.45, 7) is 2.81. The third-order valence-corrected chi connectivity index (χ3v) is 6.02. The standard InChI is InChI=1S/C25H24N4O3S/c1-3-29-22-14-7-6-13-21(22)28-25(29)33-16-23(30)27-20-12-5-4-11-19(20)24(31)26-17-9-8-10-18(15-17)32-2/h4-15H,3,16H2,1-2H3,(H,26,31)(H,27,30). The van der Waals surface area contributed by atoms with E-state index in [4.69, 9.17) is 4.74 Å². The monoisotopic (exact) mass is 460 g/mol. The Morgan fingerprint density at radius 2 is 1.79 bits per heavy atom. The van der Waals surface area contributed by atoms with Crippen LogP contribution in [0, 0.1) is 0 Å². The van der Waals surface area contributed by atoms with Gasteiger partial charge >= 0.3 is 0 Å². The van der Waals surface area contributed by atoms with Gasteiger partial charge in [0.2, 0.25) is 5.91 Å². The highest BCUT2D eigenvalue weighted by molar-refractivity contribution is 7.99. The van der Waals surface area contributed by atoms with Crippen LogP contribution in [0.25, 0.3) is 11.0 Å². The average molecular weight is 461 g/mol. The molecular weight excluding hydrogens is 436 g/mol. The maximum atomic E-state index is 12.9. The Bertz CT molecular complexity index is 1300. The van der Waals surface area contributed by atoms with E-state index < -0.39 is 0 Å². The summed E-state index contributed by atoms with van der Waals surface area (Å²) in [6.07, 6.45) is 0. The van der Waals surface area contributed by atoms with E-state index in [1.807, 2.05) is 24.3 Å². The molecule has 33 heavy (non-hydrogen) atoms. The maximum Gasteiger partial charge on any atom is 0.257 e. The summed E-state index contributed by atoms with van der Waals surface area (Å²) in [5, 5.41) is 6.49. The Kier molecular flexibility index (Phi) is 6.95. The highest BCUT2D eigenvalue weighted by atomic mass is 32.2. The molecule has 0 fully saturated rings. The van der Waals surface area contributed by atoms with Gasteiger partial charge in [0.25, 0.3) is 5.91 Å². The number of amides is 2. The molecule has 4 aromatic rings. The first-order valence-electron chi connectivity index (χ1n) is 10.5. The van der Waals surface area contributed by atoms with Crippen molar-refractivity contribution in [2.24, 2.45) is 0 Å². The fraction of sp³-hybridized carbons (Fsp3) is 0.160. The van der Waals surface area contributed by atoms with Gasteiger partial charge in [0.05, 0.1) is 35.1 Å². The van der Waals surface area contributed by atoms with E-state index in [1.54, 1.807) is 55.6 Å². The molecule has 3 aromatic carbocycles. The van der Waals surface area contributed by atoms with E-state index in [9.17, 15) is 9.59 Å². The number of aromatic nitrogens is 2. The van der Waals surface area contributed by atoms with E-state index in [0.29, 0.717) is 22.7 Å². The number of hydrogen-bond donors (Lipinski definition) is 2. The van der Waals surface area contributed by atoms with Crippen LogP contribution >= 0.6 is 11.8 Å². The Balaban J connectivity index is 1.44. The smallest absolute Gasteiger partial charge is 0.257 e. The number of ether oxygens (including phenoxy) is 1. The number of rotatable bonds is 8. The van der Waals surface area contributed by atoms with Crippen molar-refractivity contribution < 1.29 is 14.3 Å². The highest BCUT2D eigenvalue weighted by Gasteiger charge is 2.16. The molecule has 168 valence electrons. The summed E-state index contributed by atoms with van der Waals surface area (Å²) in [5.74, 6) is 0.287. The molecule has 0 saturated heterocycles. The number of thioether (sulfide) groups is 1. The molecule has 2 N–H and O–H groups in total. The molecule has 0 aliphatic carbocycles. The topological polar surface area (TPSA) is 85.2 Å². The predicted molar refractivity (Wildman–Crippen MR) is 132 cm³/mol. The normalized spacial score (nSPS) is 10.7. The molecule has 0 saturated carbocycles. The molecule has 0 unspecified atom stereocenters. The second-order valence-corrected chi connectivity index (χ2v) is 8.14. The lowest BCUT2D eigenvalue weighted by Gasteiger charge is -2.12. The summed E-state index contributed by atoms with van der Waals surface area (Å²) in [7, 11) is 1.57. The van der Waals surface area contributed by atoms with Gasteiger partial charge in [-0.2, -0.15) is 0 Å². The number of para-hydroxylation sites is 3. The quantitative estimate of drug-likeness (QED) is 0.360. The fourth-order valence-electron chi connectivity index (χ4n) is 3.47. The van der Waals surface area contributed by atoms with Gasteiger partial charge in [-0.05, 0) is 43.3 Å². The van der Waals surface area contributed by atoms with Gasteiger partial charge in [0.15, 0.2) is 5.16 Å². The van der Waals surface area contributed by atoms with Crippen LogP contribution in [-0.2, 0) is 11.3 Å². The Hall–Kier alpha value is -3.78. The van der Waals surface area contributed by atoms with Gasteiger partial charge in [-0.15, -0.1) is 0 Å². The molecule has 0 spiro atoms. The minimum Gasteiger partial charge on any atom is -0.497 e. The molecule has 0 atom stereocenters. The highest BCUT2D eigenvalue weighted by Crippen LogP contribution is 2.25. The van der Waals surface area contributed by atoms with Gasteiger partial charge in [-0.25, -0.2) is 4.98 Å². The first kappa shape index (κ1) is 22.4. The van der Waals surface area contributed by atoms with Gasteiger partial charge in [0.1, 0.15) is 5.75 Å². The number of aryl methyl sites for hydroxylation is 1. The molecule has 0 bridgehead atoms. The molecule has 4 rings (SSSR count). The van der Waals surface area contributed by atoms with Crippen LogP contribution in [0.4, 0.5) is 11.4 Å². The number of nitrogens with zero attached hydrogens (tertiary/aromatic N) is 2. The zero-order valence-electron chi connectivity index (χ0n) is 18.4.